The van der Waals surface area contributed by atoms with Gasteiger partial charge in [0, 0.05) is 30.2 Å². The number of nitrogens with zero attached hydrogens (tertiary/aromatic N) is 3. The predicted octanol–water partition coefficient (Wildman–Crippen LogP) is 2.41. The van der Waals surface area contributed by atoms with Crippen LogP contribution in [0.5, 0.6) is 0 Å². The summed E-state index contributed by atoms with van der Waals surface area (Å²) in [6.45, 7) is 5.64. The quantitative estimate of drug-likeness (QED) is 0.918. The second-order valence-electron chi connectivity index (χ2n) is 5.78. The second kappa shape index (κ2) is 6.83. The summed E-state index contributed by atoms with van der Waals surface area (Å²) >= 11 is 0. The van der Waals surface area contributed by atoms with Gasteiger partial charge < -0.3 is 10.1 Å². The summed E-state index contributed by atoms with van der Waals surface area (Å²) in [5.74, 6) is 1.13. The van der Waals surface area contributed by atoms with Gasteiger partial charge in [-0.15, -0.1) is 0 Å². The number of anilines is 1. The maximum absolute atomic E-state index is 5.66. The minimum absolute atomic E-state index is 0.251. The molecule has 1 aliphatic heterocycles. The molecule has 3 heterocycles. The maximum Gasteiger partial charge on any atom is 0.223 e. The van der Waals surface area contributed by atoms with E-state index >= 15 is 0 Å². The zero-order valence-electron chi connectivity index (χ0n) is 13.1. The largest absolute Gasteiger partial charge is 0.379 e. The molecule has 0 spiro atoms. The predicted molar refractivity (Wildman–Crippen MR) is 85.8 cm³/mol. The highest BCUT2D eigenvalue weighted by atomic mass is 16.5. The number of pyridine rings is 1. The zero-order chi connectivity index (χ0) is 15.4. The van der Waals surface area contributed by atoms with Gasteiger partial charge in [0.15, 0.2) is 0 Å². The average Bonchev–Trinajstić information content (AvgIpc) is 2.97. The molecule has 1 N–H and O–H groups in total. The van der Waals surface area contributed by atoms with Gasteiger partial charge in [0.25, 0.3) is 0 Å². The van der Waals surface area contributed by atoms with E-state index in [0.29, 0.717) is 18.5 Å². The van der Waals surface area contributed by atoms with E-state index in [4.69, 9.17) is 4.74 Å². The van der Waals surface area contributed by atoms with Crippen LogP contribution in [0.4, 0.5) is 5.95 Å². The Kier molecular flexibility index (Phi) is 4.63. The van der Waals surface area contributed by atoms with Gasteiger partial charge >= 0.3 is 0 Å². The summed E-state index contributed by atoms with van der Waals surface area (Å²) in [4.78, 5) is 13.1. The van der Waals surface area contributed by atoms with E-state index in [0.717, 1.165) is 30.7 Å². The van der Waals surface area contributed by atoms with Gasteiger partial charge in [0.2, 0.25) is 5.95 Å². The van der Waals surface area contributed by atoms with Gasteiger partial charge in [-0.05, 0) is 43.0 Å². The zero-order valence-corrected chi connectivity index (χ0v) is 13.1. The Bertz CT molecular complexity index is 617. The Hall–Kier alpha value is -2.01. The van der Waals surface area contributed by atoms with Gasteiger partial charge in [-0.1, -0.05) is 6.92 Å². The highest BCUT2D eigenvalue weighted by molar-refractivity contribution is 5.31. The highest BCUT2D eigenvalue weighted by Crippen LogP contribution is 2.21. The lowest BCUT2D eigenvalue weighted by Gasteiger charge is -2.19. The maximum atomic E-state index is 5.66. The van der Waals surface area contributed by atoms with Gasteiger partial charge in [0.05, 0.1) is 19.3 Å². The first kappa shape index (κ1) is 14.9. The molecule has 5 heteroatoms. The molecule has 5 nitrogen and oxygen atoms in total. The van der Waals surface area contributed by atoms with E-state index in [-0.39, 0.29) is 6.04 Å². The number of aromatic nitrogens is 3. The van der Waals surface area contributed by atoms with Crippen molar-refractivity contribution in [3.63, 3.8) is 0 Å². The van der Waals surface area contributed by atoms with E-state index < -0.39 is 0 Å². The summed E-state index contributed by atoms with van der Waals surface area (Å²) in [5.41, 5.74) is 3.53. The van der Waals surface area contributed by atoms with E-state index in [1.165, 1.54) is 5.56 Å². The molecule has 1 aliphatic rings. The van der Waals surface area contributed by atoms with Crippen LogP contribution < -0.4 is 5.32 Å². The van der Waals surface area contributed by atoms with Crippen LogP contribution in [0, 0.1) is 12.8 Å². The van der Waals surface area contributed by atoms with E-state index in [9.17, 15) is 0 Å². The molecule has 0 aliphatic carbocycles. The molecule has 116 valence electrons. The van der Waals surface area contributed by atoms with Gasteiger partial charge in [-0.25, -0.2) is 9.97 Å². The first-order valence-electron chi connectivity index (χ1n) is 7.82. The Morgan fingerprint density at radius 2 is 2.09 bits per heavy atom. The molecule has 3 rings (SSSR count). The molecule has 2 atom stereocenters. The van der Waals surface area contributed by atoms with Gasteiger partial charge in [0.1, 0.15) is 0 Å². The summed E-state index contributed by atoms with van der Waals surface area (Å²) in [6, 6.07) is 4.38. The van der Waals surface area contributed by atoms with Gasteiger partial charge in [-0.3, -0.25) is 4.98 Å². The molecule has 0 bridgehead atoms. The molecule has 2 aromatic rings. The number of hydrogen-bond acceptors (Lipinski definition) is 5. The van der Waals surface area contributed by atoms with Crippen LogP contribution in [0.1, 0.15) is 23.7 Å². The fourth-order valence-electron chi connectivity index (χ4n) is 2.85. The number of hydrogen-bond donors (Lipinski definition) is 1. The highest BCUT2D eigenvalue weighted by Gasteiger charge is 2.29. The Morgan fingerprint density at radius 3 is 2.86 bits per heavy atom. The first-order valence-corrected chi connectivity index (χ1v) is 7.82. The van der Waals surface area contributed by atoms with Crippen LogP contribution in [0.2, 0.25) is 0 Å². The normalized spacial score (nSPS) is 21.0. The Labute approximate surface area is 131 Å². The van der Waals surface area contributed by atoms with Crippen molar-refractivity contribution in [3.05, 3.63) is 47.5 Å². The lowest BCUT2D eigenvalue weighted by atomic mass is 9.95. The monoisotopic (exact) mass is 298 g/mol. The van der Waals surface area contributed by atoms with Crippen molar-refractivity contribution >= 4 is 5.95 Å². The number of aryl methyl sites for hydroxylation is 2. The molecular formula is C17H22N4O. The second-order valence-corrected chi connectivity index (χ2v) is 5.78. The van der Waals surface area contributed by atoms with Crippen molar-refractivity contribution in [2.24, 2.45) is 5.92 Å². The van der Waals surface area contributed by atoms with Crippen LogP contribution in [-0.4, -0.2) is 34.2 Å². The van der Waals surface area contributed by atoms with Crippen molar-refractivity contribution in [1.29, 1.82) is 0 Å². The molecule has 1 fully saturated rings. The molecule has 1 saturated heterocycles. The number of nitrogens with one attached hydrogen (secondary N) is 1. The van der Waals surface area contributed by atoms with Crippen LogP contribution in [0.25, 0.3) is 0 Å². The average molecular weight is 298 g/mol. The lowest BCUT2D eigenvalue weighted by molar-refractivity contribution is 0.185. The fourth-order valence-corrected chi connectivity index (χ4v) is 2.85. The third kappa shape index (κ3) is 3.42. The minimum atomic E-state index is 0.251. The molecule has 0 amide bonds. The first-order chi connectivity index (χ1) is 10.8. The van der Waals surface area contributed by atoms with Crippen molar-refractivity contribution < 1.29 is 4.74 Å². The van der Waals surface area contributed by atoms with Crippen molar-refractivity contribution in [2.75, 3.05) is 18.5 Å². The lowest BCUT2D eigenvalue weighted by Crippen LogP contribution is -2.30. The Morgan fingerprint density at radius 1 is 1.27 bits per heavy atom. The van der Waals surface area contributed by atoms with Crippen molar-refractivity contribution in [3.8, 4) is 0 Å². The molecule has 2 aromatic heterocycles. The molecule has 0 unspecified atom stereocenters. The van der Waals surface area contributed by atoms with E-state index in [1.807, 2.05) is 25.5 Å². The standard InChI is InChI=1S/C17H22N4O/c1-3-15-12(2)9-19-17(20-15)21-16-11-22-10-14(16)8-13-4-6-18-7-5-13/h4-7,9,14,16H,3,8,10-11H2,1-2H3,(H,19,20,21)/t14-,16-/m1/s1. The van der Waals surface area contributed by atoms with Crippen LogP contribution in [0.15, 0.2) is 30.7 Å². The minimum Gasteiger partial charge on any atom is -0.379 e. The van der Waals surface area contributed by atoms with Crippen LogP contribution in [0.3, 0.4) is 0 Å². The number of rotatable bonds is 5. The van der Waals surface area contributed by atoms with Gasteiger partial charge in [-0.2, -0.15) is 0 Å². The van der Waals surface area contributed by atoms with Crippen molar-refractivity contribution in [2.45, 2.75) is 32.7 Å². The van der Waals surface area contributed by atoms with Crippen molar-refractivity contribution in [1.82, 2.24) is 15.0 Å². The molecular weight excluding hydrogens is 276 g/mol. The summed E-state index contributed by atoms with van der Waals surface area (Å²) in [7, 11) is 0. The van der Waals surface area contributed by atoms with E-state index in [2.05, 4.69) is 39.3 Å². The topological polar surface area (TPSA) is 59.9 Å². The molecule has 22 heavy (non-hydrogen) atoms. The third-order valence-corrected chi connectivity index (χ3v) is 4.17. The summed E-state index contributed by atoms with van der Waals surface area (Å²) in [6.07, 6.45) is 7.47. The van der Waals surface area contributed by atoms with Crippen LogP contribution in [-0.2, 0) is 17.6 Å². The number of ether oxygens (including phenoxy) is 1. The third-order valence-electron chi connectivity index (χ3n) is 4.17. The SMILES string of the molecule is CCc1nc(N[C@@H]2COC[C@H]2Cc2ccncc2)ncc1C. The summed E-state index contributed by atoms with van der Waals surface area (Å²) < 4.78 is 5.66. The van der Waals surface area contributed by atoms with Crippen LogP contribution >= 0.6 is 0 Å². The molecule has 0 saturated carbocycles. The fraction of sp³-hybridized carbons (Fsp3) is 0.471. The summed E-state index contributed by atoms with van der Waals surface area (Å²) in [5, 5.41) is 3.45. The molecule has 0 aromatic carbocycles. The van der Waals surface area contributed by atoms with E-state index in [1.54, 1.807) is 0 Å². The Balaban J connectivity index is 1.68. The molecule has 0 radical (unpaired) electrons. The smallest absolute Gasteiger partial charge is 0.223 e.